The van der Waals surface area contributed by atoms with Crippen molar-refractivity contribution in [3.8, 4) is 5.75 Å². The number of ether oxygens (including phenoxy) is 1. The fraction of sp³-hybridized carbons (Fsp3) is 0.263. The van der Waals surface area contributed by atoms with Crippen LogP contribution in [0.3, 0.4) is 0 Å². The molecule has 5 heteroatoms. The van der Waals surface area contributed by atoms with Crippen LogP contribution in [0.25, 0.3) is 0 Å². The molecule has 24 heavy (non-hydrogen) atoms. The Labute approximate surface area is 141 Å². The van der Waals surface area contributed by atoms with Crippen molar-refractivity contribution in [1.82, 2.24) is 0 Å². The van der Waals surface area contributed by atoms with Crippen molar-refractivity contribution in [3.63, 3.8) is 0 Å². The average Bonchev–Trinajstić information content (AvgIpc) is 2.89. The van der Waals surface area contributed by atoms with Crippen molar-refractivity contribution < 1.29 is 14.3 Å². The third-order valence-corrected chi connectivity index (χ3v) is 4.14. The fourth-order valence-electron chi connectivity index (χ4n) is 2.94. The lowest BCUT2D eigenvalue weighted by Gasteiger charge is -2.15. The summed E-state index contributed by atoms with van der Waals surface area (Å²) in [4.78, 5) is 25.9. The number of amides is 2. The molecule has 2 amide bonds. The van der Waals surface area contributed by atoms with Gasteiger partial charge in [-0.15, -0.1) is 0 Å². The van der Waals surface area contributed by atoms with Gasteiger partial charge in [-0.2, -0.15) is 0 Å². The quantitative estimate of drug-likeness (QED) is 0.920. The average molecular weight is 324 g/mol. The van der Waals surface area contributed by atoms with Crippen LogP contribution in [-0.2, 0) is 22.4 Å². The minimum Gasteiger partial charge on any atom is -0.497 e. The molecule has 0 bridgehead atoms. The summed E-state index contributed by atoms with van der Waals surface area (Å²) in [5.74, 6) is 0.786. The Balaban J connectivity index is 1.67. The first kappa shape index (κ1) is 16.1. The number of anilines is 2. The normalized spacial score (nSPS) is 12.9. The SMILES string of the molecule is CCN1C(=O)Cc2cc(NC(=O)Cc3ccc(OC)cc3)ccc21. The maximum Gasteiger partial charge on any atom is 0.231 e. The Morgan fingerprint density at radius 3 is 2.62 bits per heavy atom. The molecule has 0 saturated carbocycles. The first-order chi connectivity index (χ1) is 11.6. The van der Waals surface area contributed by atoms with Crippen LogP contribution in [0.2, 0.25) is 0 Å². The van der Waals surface area contributed by atoms with Crippen LogP contribution < -0.4 is 15.0 Å². The number of hydrogen-bond acceptors (Lipinski definition) is 3. The van der Waals surface area contributed by atoms with E-state index >= 15 is 0 Å². The molecule has 1 N–H and O–H groups in total. The molecule has 1 aliphatic rings. The highest BCUT2D eigenvalue weighted by Gasteiger charge is 2.25. The molecule has 124 valence electrons. The molecule has 1 heterocycles. The van der Waals surface area contributed by atoms with Gasteiger partial charge in [-0.3, -0.25) is 9.59 Å². The van der Waals surface area contributed by atoms with E-state index in [2.05, 4.69) is 5.32 Å². The number of hydrogen-bond donors (Lipinski definition) is 1. The van der Waals surface area contributed by atoms with Crippen molar-refractivity contribution in [2.24, 2.45) is 0 Å². The van der Waals surface area contributed by atoms with Gasteiger partial charge in [0.15, 0.2) is 0 Å². The molecular weight excluding hydrogens is 304 g/mol. The predicted octanol–water partition coefficient (Wildman–Crippen LogP) is 2.79. The summed E-state index contributed by atoms with van der Waals surface area (Å²) in [7, 11) is 1.61. The molecular formula is C19H20N2O3. The lowest BCUT2D eigenvalue weighted by atomic mass is 10.1. The summed E-state index contributed by atoms with van der Waals surface area (Å²) in [5.41, 5.74) is 3.54. The van der Waals surface area contributed by atoms with Gasteiger partial charge in [-0.1, -0.05) is 12.1 Å². The Morgan fingerprint density at radius 1 is 1.21 bits per heavy atom. The van der Waals surface area contributed by atoms with Crippen molar-refractivity contribution in [3.05, 3.63) is 53.6 Å². The number of carbonyl (C=O) groups is 2. The zero-order valence-electron chi connectivity index (χ0n) is 13.8. The zero-order valence-corrected chi connectivity index (χ0v) is 13.8. The molecule has 0 atom stereocenters. The van der Waals surface area contributed by atoms with Crippen LogP contribution in [0.4, 0.5) is 11.4 Å². The van der Waals surface area contributed by atoms with E-state index in [4.69, 9.17) is 4.74 Å². The van der Waals surface area contributed by atoms with Gasteiger partial charge < -0.3 is 15.0 Å². The zero-order chi connectivity index (χ0) is 17.1. The van der Waals surface area contributed by atoms with Crippen LogP contribution in [0.15, 0.2) is 42.5 Å². The molecule has 0 aromatic heterocycles. The summed E-state index contributed by atoms with van der Waals surface area (Å²) in [6, 6.07) is 13.0. The summed E-state index contributed by atoms with van der Waals surface area (Å²) < 4.78 is 5.11. The first-order valence-electron chi connectivity index (χ1n) is 7.96. The van der Waals surface area contributed by atoms with Gasteiger partial charge in [0.2, 0.25) is 11.8 Å². The number of rotatable bonds is 5. The molecule has 5 nitrogen and oxygen atoms in total. The number of benzene rings is 2. The Kier molecular flexibility index (Phi) is 4.51. The van der Waals surface area contributed by atoms with Gasteiger partial charge in [-0.05, 0) is 48.4 Å². The van der Waals surface area contributed by atoms with E-state index in [1.807, 2.05) is 49.4 Å². The monoisotopic (exact) mass is 324 g/mol. The minimum atomic E-state index is -0.0863. The third kappa shape index (κ3) is 3.25. The third-order valence-electron chi connectivity index (χ3n) is 4.14. The van der Waals surface area contributed by atoms with Gasteiger partial charge in [0.1, 0.15) is 5.75 Å². The summed E-state index contributed by atoms with van der Waals surface area (Å²) in [5, 5.41) is 2.90. The molecule has 0 unspecified atom stereocenters. The standard InChI is InChI=1S/C19H20N2O3/c1-3-21-17-9-6-15(11-14(17)12-19(21)23)20-18(22)10-13-4-7-16(24-2)8-5-13/h4-9,11H,3,10,12H2,1-2H3,(H,20,22). The lowest BCUT2D eigenvalue weighted by molar-refractivity contribution is -0.117. The molecule has 0 fully saturated rings. The maximum absolute atomic E-state index is 12.2. The molecule has 0 aliphatic carbocycles. The predicted molar refractivity (Wildman–Crippen MR) is 93.5 cm³/mol. The molecule has 1 aliphatic heterocycles. The van der Waals surface area contributed by atoms with Gasteiger partial charge in [0.25, 0.3) is 0 Å². The van der Waals surface area contributed by atoms with Crippen molar-refractivity contribution in [2.45, 2.75) is 19.8 Å². The van der Waals surface area contributed by atoms with Crippen LogP contribution in [0, 0.1) is 0 Å². The van der Waals surface area contributed by atoms with E-state index in [0.29, 0.717) is 19.4 Å². The molecule has 0 radical (unpaired) electrons. The lowest BCUT2D eigenvalue weighted by Crippen LogP contribution is -2.25. The topological polar surface area (TPSA) is 58.6 Å². The highest BCUT2D eigenvalue weighted by molar-refractivity contribution is 6.02. The van der Waals surface area contributed by atoms with Crippen molar-refractivity contribution >= 4 is 23.2 Å². The van der Waals surface area contributed by atoms with Gasteiger partial charge >= 0.3 is 0 Å². The fourth-order valence-corrected chi connectivity index (χ4v) is 2.94. The summed E-state index contributed by atoms with van der Waals surface area (Å²) >= 11 is 0. The second-order valence-corrected chi connectivity index (χ2v) is 5.73. The summed E-state index contributed by atoms with van der Waals surface area (Å²) in [6.45, 7) is 2.62. The highest BCUT2D eigenvalue weighted by Crippen LogP contribution is 2.31. The van der Waals surface area contributed by atoms with Gasteiger partial charge in [-0.25, -0.2) is 0 Å². The van der Waals surface area contributed by atoms with Crippen LogP contribution in [0.5, 0.6) is 5.75 Å². The maximum atomic E-state index is 12.2. The smallest absolute Gasteiger partial charge is 0.231 e. The number of nitrogens with one attached hydrogen (secondary N) is 1. The van der Waals surface area contributed by atoms with Crippen LogP contribution in [0.1, 0.15) is 18.1 Å². The first-order valence-corrected chi connectivity index (χ1v) is 7.96. The number of nitrogens with zero attached hydrogens (tertiary/aromatic N) is 1. The van der Waals surface area contributed by atoms with E-state index in [-0.39, 0.29) is 11.8 Å². The van der Waals surface area contributed by atoms with E-state index in [9.17, 15) is 9.59 Å². The number of carbonyl (C=O) groups excluding carboxylic acids is 2. The van der Waals surface area contributed by atoms with E-state index < -0.39 is 0 Å². The largest absolute Gasteiger partial charge is 0.497 e. The van der Waals surface area contributed by atoms with Gasteiger partial charge in [0.05, 0.1) is 20.0 Å². The van der Waals surface area contributed by atoms with E-state index in [1.54, 1.807) is 12.0 Å². The number of fused-ring (bicyclic) bond motifs is 1. The molecule has 0 spiro atoms. The van der Waals surface area contributed by atoms with Crippen LogP contribution in [-0.4, -0.2) is 25.5 Å². The molecule has 2 aromatic rings. The van der Waals surface area contributed by atoms with E-state index in [1.165, 1.54) is 0 Å². The molecule has 3 rings (SSSR count). The highest BCUT2D eigenvalue weighted by atomic mass is 16.5. The second kappa shape index (κ2) is 6.74. The Morgan fingerprint density at radius 2 is 1.96 bits per heavy atom. The summed E-state index contributed by atoms with van der Waals surface area (Å²) in [6.07, 6.45) is 0.687. The van der Waals surface area contributed by atoms with Gasteiger partial charge in [0, 0.05) is 17.9 Å². The molecule has 2 aromatic carbocycles. The number of likely N-dealkylation sites (N-methyl/N-ethyl adjacent to an activating group) is 1. The number of methoxy groups -OCH3 is 1. The van der Waals surface area contributed by atoms with Crippen LogP contribution >= 0.6 is 0 Å². The Bertz CT molecular complexity index is 769. The molecule has 0 saturated heterocycles. The minimum absolute atomic E-state index is 0.0863. The Hall–Kier alpha value is -2.82. The van der Waals surface area contributed by atoms with E-state index in [0.717, 1.165) is 28.3 Å². The second-order valence-electron chi connectivity index (χ2n) is 5.73. The van der Waals surface area contributed by atoms with Crippen molar-refractivity contribution in [1.29, 1.82) is 0 Å². The van der Waals surface area contributed by atoms with Crippen molar-refractivity contribution in [2.75, 3.05) is 23.9 Å².